The average Bonchev–Trinajstić information content (AvgIpc) is 2.30. The van der Waals surface area contributed by atoms with Crippen LogP contribution in [-0.4, -0.2) is 32.2 Å². The Hall–Kier alpha value is -2.29. The summed E-state index contributed by atoms with van der Waals surface area (Å²) in [6.07, 6.45) is -1.12. The molecule has 0 heterocycles. The summed E-state index contributed by atoms with van der Waals surface area (Å²) in [6, 6.07) is 4.11. The maximum Gasteiger partial charge on any atom is 0.422 e. The highest BCUT2D eigenvalue weighted by atomic mass is 32.2. The molecule has 1 rings (SSSR count). The van der Waals surface area contributed by atoms with Gasteiger partial charge in [-0.1, -0.05) is 6.07 Å². The van der Waals surface area contributed by atoms with Gasteiger partial charge in [0.15, 0.2) is 0 Å². The number of carbonyl (C=O) groups is 2. The first-order chi connectivity index (χ1) is 9.26. The molecule has 0 aliphatic heterocycles. The molecule has 20 heavy (non-hydrogen) atoms. The first-order valence-electron chi connectivity index (χ1n) is 5.57. The Morgan fingerprint density at radius 1 is 1.35 bits per heavy atom. The fourth-order valence-electron chi connectivity index (χ4n) is 1.42. The summed E-state index contributed by atoms with van der Waals surface area (Å²) in [5.41, 5.74) is 0.247. The van der Waals surface area contributed by atoms with Crippen LogP contribution >= 0.6 is 0 Å². The molecule has 0 atom stereocenters. The summed E-state index contributed by atoms with van der Waals surface area (Å²) in [5.74, 6) is -1.18. The Morgan fingerprint density at radius 2 is 2.00 bits per heavy atom. The van der Waals surface area contributed by atoms with E-state index in [-0.39, 0.29) is 23.4 Å². The van der Waals surface area contributed by atoms with Gasteiger partial charge in [-0.2, -0.15) is 8.42 Å². The van der Waals surface area contributed by atoms with Crippen LogP contribution in [0.25, 0.3) is 0 Å². The summed E-state index contributed by atoms with van der Waals surface area (Å²) in [7, 11) is -4.19. The predicted octanol–water partition coefficient (Wildman–Crippen LogP) is 1.10. The average molecular weight is 302 g/mol. The lowest BCUT2D eigenvalue weighted by Gasteiger charge is -2.12. The molecule has 1 aromatic rings. The number of carbonyl (C=O) groups excluding carboxylic acids is 1. The molecule has 0 aromatic heterocycles. The van der Waals surface area contributed by atoms with Gasteiger partial charge in [0.2, 0.25) is 0 Å². The van der Waals surface area contributed by atoms with Crippen molar-refractivity contribution in [2.75, 3.05) is 11.3 Å². The Balaban J connectivity index is 2.96. The minimum absolute atomic E-state index is 0.0227. The van der Waals surface area contributed by atoms with Gasteiger partial charge < -0.3 is 9.84 Å². The van der Waals surface area contributed by atoms with E-state index in [0.29, 0.717) is 0 Å². The van der Waals surface area contributed by atoms with Crippen molar-refractivity contribution in [3.63, 3.8) is 0 Å². The maximum absolute atomic E-state index is 11.6. The Morgan fingerprint density at radius 3 is 2.55 bits per heavy atom. The van der Waals surface area contributed by atoms with E-state index < -0.39 is 22.3 Å². The number of hydrogen-bond acceptors (Lipinski definition) is 5. The first kappa shape index (κ1) is 15.8. The van der Waals surface area contributed by atoms with Gasteiger partial charge in [-0.05, 0) is 31.5 Å². The molecule has 0 aliphatic carbocycles. The van der Waals surface area contributed by atoms with Gasteiger partial charge in [0.1, 0.15) is 0 Å². The number of aromatic carboxylic acids is 1. The van der Waals surface area contributed by atoms with Gasteiger partial charge in [-0.3, -0.25) is 4.72 Å². The number of benzene rings is 1. The number of amides is 1. The zero-order valence-corrected chi connectivity index (χ0v) is 11.7. The summed E-state index contributed by atoms with van der Waals surface area (Å²) < 4.78 is 31.4. The molecule has 0 saturated carbocycles. The molecular weight excluding hydrogens is 288 g/mol. The van der Waals surface area contributed by atoms with Crippen LogP contribution in [0.2, 0.25) is 0 Å². The molecule has 0 bridgehead atoms. The monoisotopic (exact) mass is 302 g/mol. The van der Waals surface area contributed by atoms with Crippen LogP contribution in [0.5, 0.6) is 0 Å². The van der Waals surface area contributed by atoms with Crippen LogP contribution in [0.4, 0.5) is 10.5 Å². The molecule has 0 saturated heterocycles. The molecule has 0 unspecified atom stereocenters. The fourth-order valence-corrected chi connectivity index (χ4v) is 2.26. The molecule has 0 aliphatic rings. The van der Waals surface area contributed by atoms with E-state index in [9.17, 15) is 18.0 Å². The highest BCUT2D eigenvalue weighted by Gasteiger charge is 2.18. The Kier molecular flexibility index (Phi) is 4.92. The van der Waals surface area contributed by atoms with Crippen molar-refractivity contribution in [1.29, 1.82) is 0 Å². The third-order valence-corrected chi connectivity index (χ3v) is 3.23. The molecule has 110 valence electrons. The molecule has 8 nitrogen and oxygen atoms in total. The number of rotatable bonds is 5. The van der Waals surface area contributed by atoms with E-state index in [2.05, 4.69) is 9.46 Å². The van der Waals surface area contributed by atoms with Crippen LogP contribution < -0.4 is 9.44 Å². The van der Waals surface area contributed by atoms with E-state index in [0.717, 1.165) is 0 Å². The van der Waals surface area contributed by atoms with Gasteiger partial charge in [0.05, 0.1) is 17.9 Å². The van der Waals surface area contributed by atoms with E-state index in [1.807, 2.05) is 0 Å². The molecule has 3 N–H and O–H groups in total. The van der Waals surface area contributed by atoms with Gasteiger partial charge >= 0.3 is 22.3 Å². The van der Waals surface area contributed by atoms with Crippen LogP contribution in [0.1, 0.15) is 22.8 Å². The molecular formula is C11H14N2O6S. The van der Waals surface area contributed by atoms with Crippen molar-refractivity contribution in [2.45, 2.75) is 13.8 Å². The number of ether oxygens (including phenoxy) is 1. The first-order valence-corrected chi connectivity index (χ1v) is 7.05. The van der Waals surface area contributed by atoms with Crippen molar-refractivity contribution < 1.29 is 27.9 Å². The number of anilines is 1. The molecule has 0 radical (unpaired) electrons. The van der Waals surface area contributed by atoms with Crippen molar-refractivity contribution in [3.8, 4) is 0 Å². The Labute approximate surface area is 115 Å². The van der Waals surface area contributed by atoms with Gasteiger partial charge in [-0.25, -0.2) is 14.3 Å². The summed E-state index contributed by atoms with van der Waals surface area (Å²) in [5, 5.41) is 8.94. The van der Waals surface area contributed by atoms with Gasteiger partial charge in [0, 0.05) is 0 Å². The summed E-state index contributed by atoms with van der Waals surface area (Å²) in [4.78, 5) is 22.0. The third kappa shape index (κ3) is 4.12. The topological polar surface area (TPSA) is 122 Å². The van der Waals surface area contributed by atoms with Crippen LogP contribution in [0, 0.1) is 6.92 Å². The second-order valence-corrected chi connectivity index (χ2v) is 5.13. The number of carboxylic acid groups (broad SMARTS) is 1. The predicted molar refractivity (Wildman–Crippen MR) is 70.8 cm³/mol. The lowest BCUT2D eigenvalue weighted by Crippen LogP contribution is -2.36. The molecule has 0 fully saturated rings. The van der Waals surface area contributed by atoms with E-state index >= 15 is 0 Å². The minimum atomic E-state index is -4.19. The van der Waals surface area contributed by atoms with E-state index in [1.165, 1.54) is 32.0 Å². The van der Waals surface area contributed by atoms with Crippen molar-refractivity contribution in [3.05, 3.63) is 29.3 Å². The van der Waals surface area contributed by atoms with Crippen LogP contribution in [0.15, 0.2) is 18.2 Å². The van der Waals surface area contributed by atoms with Crippen molar-refractivity contribution >= 4 is 28.0 Å². The summed E-state index contributed by atoms with van der Waals surface area (Å²) in [6.45, 7) is 3.00. The lowest BCUT2D eigenvalue weighted by molar-refractivity contribution is 0.0696. The zero-order valence-electron chi connectivity index (χ0n) is 10.8. The van der Waals surface area contributed by atoms with Gasteiger partial charge in [-0.15, -0.1) is 0 Å². The van der Waals surface area contributed by atoms with Crippen LogP contribution in [-0.2, 0) is 14.9 Å². The molecule has 0 spiro atoms. The highest BCUT2D eigenvalue weighted by Crippen LogP contribution is 2.19. The second kappa shape index (κ2) is 6.24. The van der Waals surface area contributed by atoms with E-state index in [4.69, 9.17) is 5.11 Å². The molecule has 1 aromatic carbocycles. The quantitative estimate of drug-likeness (QED) is 0.748. The number of hydrogen-bond donors (Lipinski definition) is 3. The standard InChI is InChI=1S/C11H14N2O6S/c1-3-19-11(16)13-20(17,18)12-9-6-4-5-8(7(9)2)10(14)15/h4-6,12H,3H2,1-2H3,(H,13,16)(H,14,15). The van der Waals surface area contributed by atoms with Crippen molar-refractivity contribution in [2.24, 2.45) is 0 Å². The maximum atomic E-state index is 11.6. The molecule has 9 heteroatoms. The second-order valence-electron chi connectivity index (χ2n) is 3.71. The highest BCUT2D eigenvalue weighted by molar-refractivity contribution is 7.91. The number of nitrogens with one attached hydrogen (secondary N) is 2. The SMILES string of the molecule is CCOC(=O)NS(=O)(=O)Nc1cccc(C(=O)O)c1C. The smallest absolute Gasteiger partial charge is 0.422 e. The zero-order chi connectivity index (χ0) is 15.3. The summed E-state index contributed by atoms with van der Waals surface area (Å²) >= 11 is 0. The minimum Gasteiger partial charge on any atom is -0.478 e. The van der Waals surface area contributed by atoms with Crippen molar-refractivity contribution in [1.82, 2.24) is 4.72 Å². The molecule has 1 amide bonds. The van der Waals surface area contributed by atoms with Gasteiger partial charge in [0.25, 0.3) is 0 Å². The third-order valence-electron chi connectivity index (χ3n) is 2.30. The number of carboxylic acids is 1. The Bertz CT molecular complexity index is 626. The van der Waals surface area contributed by atoms with Crippen LogP contribution in [0.3, 0.4) is 0 Å². The lowest BCUT2D eigenvalue weighted by atomic mass is 10.1. The largest absolute Gasteiger partial charge is 0.478 e. The fraction of sp³-hybridized carbons (Fsp3) is 0.273. The normalized spacial score (nSPS) is 10.7. The van der Waals surface area contributed by atoms with E-state index in [1.54, 1.807) is 4.72 Å².